The first kappa shape index (κ1) is 19.1. The van der Waals surface area contributed by atoms with Gasteiger partial charge in [0.25, 0.3) is 0 Å². The average molecular weight is 330 g/mol. The third-order valence-electron chi connectivity index (χ3n) is 4.91. The van der Waals surface area contributed by atoms with Gasteiger partial charge in [0.05, 0.1) is 31.8 Å². The van der Waals surface area contributed by atoms with Gasteiger partial charge < -0.3 is 18.9 Å². The Morgan fingerprint density at radius 2 is 0.957 bits per heavy atom. The molecule has 2 aliphatic rings. The van der Waals surface area contributed by atoms with Gasteiger partial charge in [0.1, 0.15) is 0 Å². The Bertz CT molecular complexity index is 283. The third kappa shape index (κ3) is 5.37. The fourth-order valence-electron chi connectivity index (χ4n) is 3.02. The van der Waals surface area contributed by atoms with Crippen molar-refractivity contribution in [1.82, 2.24) is 9.80 Å². The minimum atomic E-state index is -0.139. The molecule has 2 fully saturated rings. The van der Waals surface area contributed by atoms with Gasteiger partial charge in [-0.05, 0) is 26.2 Å². The molecule has 0 saturated carbocycles. The van der Waals surface area contributed by atoms with Crippen molar-refractivity contribution in [2.24, 2.45) is 5.41 Å². The molecule has 0 unspecified atom stereocenters. The molecule has 0 bridgehead atoms. The number of likely N-dealkylation sites (N-methyl/N-ethyl adjacent to an activating group) is 2. The maximum absolute atomic E-state index is 5.93. The van der Waals surface area contributed by atoms with Gasteiger partial charge in [-0.1, -0.05) is 27.7 Å². The zero-order valence-electron chi connectivity index (χ0n) is 15.3. The largest absolute Gasteiger partial charge is 0.350 e. The molecule has 0 aliphatic carbocycles. The van der Waals surface area contributed by atoms with E-state index in [-0.39, 0.29) is 18.0 Å². The summed E-state index contributed by atoms with van der Waals surface area (Å²) in [6.07, 6.45) is -0.261. The van der Waals surface area contributed by atoms with Crippen LogP contribution in [0.15, 0.2) is 0 Å². The van der Waals surface area contributed by atoms with Crippen molar-refractivity contribution in [2.45, 2.75) is 40.3 Å². The molecular weight excluding hydrogens is 296 g/mol. The fraction of sp³-hybridized carbons (Fsp3) is 1.00. The minimum absolute atomic E-state index is 0.131. The maximum atomic E-state index is 5.93. The van der Waals surface area contributed by atoms with Gasteiger partial charge >= 0.3 is 0 Å². The van der Waals surface area contributed by atoms with Crippen LogP contribution in [0.25, 0.3) is 0 Å². The van der Waals surface area contributed by atoms with Crippen molar-refractivity contribution in [2.75, 3.05) is 65.7 Å². The van der Waals surface area contributed by atoms with Crippen molar-refractivity contribution >= 4 is 0 Å². The molecule has 23 heavy (non-hydrogen) atoms. The first-order valence-electron chi connectivity index (χ1n) is 9.05. The third-order valence-corrected chi connectivity index (χ3v) is 4.91. The number of ether oxygens (including phenoxy) is 4. The van der Waals surface area contributed by atoms with Crippen LogP contribution in [0.1, 0.15) is 27.7 Å². The lowest BCUT2D eigenvalue weighted by Gasteiger charge is -2.44. The predicted octanol–water partition coefficient (Wildman–Crippen LogP) is 1.40. The van der Waals surface area contributed by atoms with Crippen LogP contribution in [0.2, 0.25) is 0 Å². The zero-order chi connectivity index (χ0) is 16.7. The van der Waals surface area contributed by atoms with Gasteiger partial charge in [-0.15, -0.1) is 0 Å². The molecule has 0 amide bonds. The summed E-state index contributed by atoms with van der Waals surface area (Å²) in [7, 11) is 0. The molecule has 2 saturated heterocycles. The van der Waals surface area contributed by atoms with Crippen molar-refractivity contribution in [1.29, 1.82) is 0 Å². The van der Waals surface area contributed by atoms with Gasteiger partial charge in [-0.3, -0.25) is 9.80 Å². The molecule has 6 nitrogen and oxygen atoms in total. The second-order valence-electron chi connectivity index (χ2n) is 6.57. The van der Waals surface area contributed by atoms with E-state index in [0.29, 0.717) is 26.4 Å². The van der Waals surface area contributed by atoms with E-state index in [9.17, 15) is 0 Å². The molecule has 2 rings (SSSR count). The zero-order valence-corrected chi connectivity index (χ0v) is 15.3. The molecule has 136 valence electrons. The monoisotopic (exact) mass is 330 g/mol. The fourth-order valence-corrected chi connectivity index (χ4v) is 3.02. The summed E-state index contributed by atoms with van der Waals surface area (Å²) < 4.78 is 23.7. The number of rotatable bonds is 8. The van der Waals surface area contributed by atoms with Crippen LogP contribution in [0.5, 0.6) is 0 Å². The van der Waals surface area contributed by atoms with Gasteiger partial charge in [0, 0.05) is 13.1 Å². The van der Waals surface area contributed by atoms with Crippen LogP contribution in [-0.2, 0) is 18.9 Å². The molecule has 0 aromatic heterocycles. The molecule has 0 N–H and O–H groups in total. The molecule has 2 aliphatic heterocycles. The van der Waals surface area contributed by atoms with E-state index in [1.54, 1.807) is 0 Å². The van der Waals surface area contributed by atoms with Crippen molar-refractivity contribution in [3.63, 3.8) is 0 Å². The van der Waals surface area contributed by atoms with E-state index in [0.717, 1.165) is 39.3 Å². The first-order valence-corrected chi connectivity index (χ1v) is 9.05. The lowest BCUT2D eigenvalue weighted by Crippen LogP contribution is -2.55. The molecule has 0 aromatic carbocycles. The van der Waals surface area contributed by atoms with Crippen LogP contribution >= 0.6 is 0 Å². The van der Waals surface area contributed by atoms with Gasteiger partial charge in [-0.2, -0.15) is 0 Å². The lowest BCUT2D eigenvalue weighted by molar-refractivity contribution is -0.305. The summed E-state index contributed by atoms with van der Waals surface area (Å²) in [5.74, 6) is 0. The van der Waals surface area contributed by atoms with E-state index in [1.807, 2.05) is 0 Å². The normalized spacial score (nSPS) is 32.1. The van der Waals surface area contributed by atoms with E-state index in [4.69, 9.17) is 18.9 Å². The topological polar surface area (TPSA) is 43.4 Å². The summed E-state index contributed by atoms with van der Waals surface area (Å²) >= 11 is 0. The highest BCUT2D eigenvalue weighted by atomic mass is 16.7. The van der Waals surface area contributed by atoms with Crippen LogP contribution < -0.4 is 0 Å². The van der Waals surface area contributed by atoms with Gasteiger partial charge in [0.2, 0.25) is 0 Å². The Balaban J connectivity index is 1.73. The van der Waals surface area contributed by atoms with Crippen LogP contribution in [0, 0.1) is 5.41 Å². The van der Waals surface area contributed by atoms with Crippen LogP contribution in [0.4, 0.5) is 0 Å². The van der Waals surface area contributed by atoms with Crippen molar-refractivity contribution in [3.05, 3.63) is 0 Å². The summed E-state index contributed by atoms with van der Waals surface area (Å²) in [5.41, 5.74) is -0.139. The average Bonchev–Trinajstić information content (AvgIpc) is 2.61. The molecule has 1 spiro atoms. The first-order chi connectivity index (χ1) is 11.1. The number of nitrogens with zero attached hydrogens (tertiary/aromatic N) is 2. The predicted molar refractivity (Wildman–Crippen MR) is 89.4 cm³/mol. The van der Waals surface area contributed by atoms with Crippen molar-refractivity contribution < 1.29 is 18.9 Å². The summed E-state index contributed by atoms with van der Waals surface area (Å²) in [6, 6.07) is 0. The second kappa shape index (κ2) is 9.30. The highest BCUT2D eigenvalue weighted by Gasteiger charge is 2.42. The summed E-state index contributed by atoms with van der Waals surface area (Å²) in [6.45, 7) is 17.0. The van der Waals surface area contributed by atoms with Gasteiger partial charge in [0.15, 0.2) is 12.6 Å². The van der Waals surface area contributed by atoms with Crippen LogP contribution in [0.3, 0.4) is 0 Å². The van der Waals surface area contributed by atoms with E-state index >= 15 is 0 Å². The Kier molecular flexibility index (Phi) is 7.72. The molecule has 6 heteroatoms. The molecule has 0 aromatic rings. The second-order valence-corrected chi connectivity index (χ2v) is 6.57. The number of hydrogen-bond acceptors (Lipinski definition) is 6. The highest BCUT2D eigenvalue weighted by molar-refractivity contribution is 4.85. The molecule has 0 radical (unpaired) electrons. The Hall–Kier alpha value is -0.240. The van der Waals surface area contributed by atoms with Crippen molar-refractivity contribution in [3.8, 4) is 0 Å². The highest BCUT2D eigenvalue weighted by Crippen LogP contribution is 2.30. The summed E-state index contributed by atoms with van der Waals surface area (Å²) in [4.78, 5) is 4.63. The van der Waals surface area contributed by atoms with E-state index in [1.165, 1.54) is 0 Å². The van der Waals surface area contributed by atoms with E-state index in [2.05, 4.69) is 37.5 Å². The molecular formula is C17H34N2O4. The molecule has 0 atom stereocenters. The quantitative estimate of drug-likeness (QED) is 0.670. The van der Waals surface area contributed by atoms with Gasteiger partial charge in [-0.25, -0.2) is 0 Å². The maximum Gasteiger partial charge on any atom is 0.170 e. The Morgan fingerprint density at radius 1 is 0.652 bits per heavy atom. The molecule has 2 heterocycles. The Morgan fingerprint density at radius 3 is 1.22 bits per heavy atom. The van der Waals surface area contributed by atoms with E-state index < -0.39 is 0 Å². The number of hydrogen-bond donors (Lipinski definition) is 0. The lowest BCUT2D eigenvalue weighted by atomic mass is 9.91. The minimum Gasteiger partial charge on any atom is -0.350 e. The SMILES string of the molecule is CCN(CC)CC1OCC2(CO1)COC(CN(CC)CC)OC2. The summed E-state index contributed by atoms with van der Waals surface area (Å²) in [5, 5.41) is 0. The Labute approximate surface area is 141 Å². The smallest absolute Gasteiger partial charge is 0.170 e. The standard InChI is InChI=1S/C17H34N2O4/c1-5-18(6-2)9-15-20-11-17(12-21-15)13-22-16(23-14-17)10-19(7-3)8-4/h15-16H,5-14H2,1-4H3. The van der Waals surface area contributed by atoms with Crippen LogP contribution in [-0.4, -0.2) is 88.1 Å².